The smallest absolute Gasteiger partial charge is 0.137 e. The molecular formula is C12H15BrFNOS. The molecule has 1 heterocycles. The van der Waals surface area contributed by atoms with E-state index in [4.69, 9.17) is 0 Å². The third-order valence-corrected chi connectivity index (χ3v) is 4.99. The van der Waals surface area contributed by atoms with Gasteiger partial charge in [0.1, 0.15) is 5.82 Å². The fourth-order valence-corrected chi connectivity index (χ4v) is 3.46. The highest BCUT2D eigenvalue weighted by Crippen LogP contribution is 2.17. The number of nitrogens with one attached hydrogen (secondary N) is 1. The van der Waals surface area contributed by atoms with Gasteiger partial charge in [-0.15, -0.1) is 0 Å². The quantitative estimate of drug-likeness (QED) is 0.927. The second kappa shape index (κ2) is 6.07. The predicted molar refractivity (Wildman–Crippen MR) is 71.8 cm³/mol. The average molecular weight is 320 g/mol. The zero-order valence-corrected chi connectivity index (χ0v) is 11.8. The van der Waals surface area contributed by atoms with Crippen molar-refractivity contribution in [2.45, 2.75) is 25.4 Å². The van der Waals surface area contributed by atoms with Gasteiger partial charge in [0, 0.05) is 34.9 Å². The van der Waals surface area contributed by atoms with Crippen molar-refractivity contribution in [3.05, 3.63) is 34.1 Å². The molecule has 0 amide bonds. The van der Waals surface area contributed by atoms with E-state index in [9.17, 15) is 8.60 Å². The summed E-state index contributed by atoms with van der Waals surface area (Å²) in [5.74, 6) is 1.34. The second-order valence-electron chi connectivity index (χ2n) is 4.25. The first-order chi connectivity index (χ1) is 8.15. The van der Waals surface area contributed by atoms with Crippen LogP contribution in [0.15, 0.2) is 22.7 Å². The Morgan fingerprint density at radius 1 is 1.41 bits per heavy atom. The highest BCUT2D eigenvalue weighted by atomic mass is 79.9. The first-order valence-electron chi connectivity index (χ1n) is 5.67. The van der Waals surface area contributed by atoms with Gasteiger partial charge < -0.3 is 5.32 Å². The van der Waals surface area contributed by atoms with Crippen LogP contribution in [0, 0.1) is 5.82 Å². The van der Waals surface area contributed by atoms with Crippen molar-refractivity contribution in [2.24, 2.45) is 0 Å². The van der Waals surface area contributed by atoms with Gasteiger partial charge in [-0.2, -0.15) is 0 Å². The maximum absolute atomic E-state index is 13.3. The molecule has 2 nitrogen and oxygen atoms in total. The highest BCUT2D eigenvalue weighted by Gasteiger charge is 2.17. The van der Waals surface area contributed by atoms with E-state index in [1.165, 1.54) is 6.07 Å². The normalized spacial score (nSPS) is 24.8. The molecule has 0 atom stereocenters. The van der Waals surface area contributed by atoms with Crippen molar-refractivity contribution in [3.8, 4) is 0 Å². The SMILES string of the molecule is O=S1CCC(NCc2ccc(Br)c(F)c2)CC1. The summed E-state index contributed by atoms with van der Waals surface area (Å²) in [5, 5.41) is 3.39. The summed E-state index contributed by atoms with van der Waals surface area (Å²) in [6.07, 6.45) is 1.90. The van der Waals surface area contributed by atoms with Gasteiger partial charge in [0.25, 0.3) is 0 Å². The van der Waals surface area contributed by atoms with E-state index in [2.05, 4.69) is 21.2 Å². The van der Waals surface area contributed by atoms with Crippen LogP contribution >= 0.6 is 15.9 Å². The number of hydrogen-bond acceptors (Lipinski definition) is 2. The molecule has 0 unspecified atom stereocenters. The minimum atomic E-state index is -0.622. The van der Waals surface area contributed by atoms with Gasteiger partial charge in [-0.3, -0.25) is 4.21 Å². The molecule has 0 radical (unpaired) electrons. The standard InChI is InChI=1S/C12H15BrFNOS/c13-11-2-1-9(7-12(11)14)8-15-10-3-5-17(16)6-4-10/h1-2,7,10,15H,3-6,8H2. The molecule has 1 aliphatic rings. The fourth-order valence-electron chi connectivity index (χ4n) is 1.91. The molecule has 0 bridgehead atoms. The number of rotatable bonds is 3. The van der Waals surface area contributed by atoms with Crippen molar-refractivity contribution in [3.63, 3.8) is 0 Å². The van der Waals surface area contributed by atoms with E-state index in [0.717, 1.165) is 29.9 Å². The van der Waals surface area contributed by atoms with Gasteiger partial charge in [-0.1, -0.05) is 6.07 Å². The van der Waals surface area contributed by atoms with Crippen molar-refractivity contribution >= 4 is 26.7 Å². The van der Waals surface area contributed by atoms with E-state index in [1.54, 1.807) is 6.07 Å². The molecule has 0 aromatic heterocycles. The molecule has 1 N–H and O–H groups in total. The summed E-state index contributed by atoms with van der Waals surface area (Å²) in [4.78, 5) is 0. The Bertz CT molecular complexity index is 417. The number of benzene rings is 1. The summed E-state index contributed by atoms with van der Waals surface area (Å²) in [7, 11) is -0.622. The first-order valence-corrected chi connectivity index (χ1v) is 7.95. The Labute approximate surface area is 112 Å². The molecule has 17 heavy (non-hydrogen) atoms. The van der Waals surface area contributed by atoms with Gasteiger partial charge in [0.2, 0.25) is 0 Å². The lowest BCUT2D eigenvalue weighted by Gasteiger charge is -2.22. The first kappa shape index (κ1) is 13.2. The minimum Gasteiger partial charge on any atom is -0.310 e. The molecule has 1 aliphatic heterocycles. The van der Waals surface area contributed by atoms with E-state index in [-0.39, 0.29) is 5.82 Å². The molecular weight excluding hydrogens is 305 g/mol. The molecule has 1 fully saturated rings. The van der Waals surface area contributed by atoms with E-state index < -0.39 is 10.8 Å². The Hall–Kier alpha value is -0.260. The van der Waals surface area contributed by atoms with Crippen LogP contribution in [0.3, 0.4) is 0 Å². The van der Waals surface area contributed by atoms with Gasteiger partial charge >= 0.3 is 0 Å². The Morgan fingerprint density at radius 2 is 2.12 bits per heavy atom. The van der Waals surface area contributed by atoms with Crippen molar-refractivity contribution in [2.75, 3.05) is 11.5 Å². The summed E-state index contributed by atoms with van der Waals surface area (Å²) < 4.78 is 25.0. The van der Waals surface area contributed by atoms with E-state index >= 15 is 0 Å². The maximum Gasteiger partial charge on any atom is 0.137 e. The third-order valence-electron chi connectivity index (χ3n) is 2.97. The Morgan fingerprint density at radius 3 is 2.76 bits per heavy atom. The third kappa shape index (κ3) is 3.86. The summed E-state index contributed by atoms with van der Waals surface area (Å²) in [6, 6.07) is 5.58. The largest absolute Gasteiger partial charge is 0.310 e. The fraction of sp³-hybridized carbons (Fsp3) is 0.500. The predicted octanol–water partition coefficient (Wildman–Crippen LogP) is 2.59. The van der Waals surface area contributed by atoms with Crippen LogP contribution in [0.2, 0.25) is 0 Å². The minimum absolute atomic E-state index is 0.228. The van der Waals surface area contributed by atoms with Crippen molar-refractivity contribution in [1.82, 2.24) is 5.32 Å². The highest BCUT2D eigenvalue weighted by molar-refractivity contribution is 9.10. The van der Waals surface area contributed by atoms with Crippen LogP contribution in [-0.4, -0.2) is 21.8 Å². The van der Waals surface area contributed by atoms with E-state index in [1.807, 2.05) is 6.07 Å². The lowest BCUT2D eigenvalue weighted by molar-refractivity contribution is 0.474. The van der Waals surface area contributed by atoms with Crippen molar-refractivity contribution < 1.29 is 8.60 Å². The lowest BCUT2D eigenvalue weighted by Crippen LogP contribution is -2.35. The molecule has 1 aromatic rings. The van der Waals surface area contributed by atoms with Crippen molar-refractivity contribution in [1.29, 1.82) is 0 Å². The van der Waals surface area contributed by atoms with Gasteiger partial charge in [0.05, 0.1) is 4.47 Å². The number of hydrogen-bond donors (Lipinski definition) is 1. The van der Waals surface area contributed by atoms with Gasteiger partial charge in [-0.25, -0.2) is 4.39 Å². The monoisotopic (exact) mass is 319 g/mol. The molecule has 94 valence electrons. The lowest BCUT2D eigenvalue weighted by atomic mass is 10.1. The van der Waals surface area contributed by atoms with Gasteiger partial charge in [0.15, 0.2) is 0 Å². The summed E-state index contributed by atoms with van der Waals surface area (Å²) in [5.41, 5.74) is 0.942. The molecule has 0 saturated carbocycles. The second-order valence-corrected chi connectivity index (χ2v) is 6.80. The molecule has 1 saturated heterocycles. The van der Waals surface area contributed by atoms with Crippen LogP contribution < -0.4 is 5.32 Å². The van der Waals surface area contributed by atoms with Crippen LogP contribution in [-0.2, 0) is 17.3 Å². The maximum atomic E-state index is 13.3. The zero-order chi connectivity index (χ0) is 12.3. The van der Waals surface area contributed by atoms with Crippen LogP contribution in [0.5, 0.6) is 0 Å². The molecule has 0 spiro atoms. The molecule has 5 heteroatoms. The number of halogens is 2. The van der Waals surface area contributed by atoms with Crippen LogP contribution in [0.25, 0.3) is 0 Å². The molecule has 1 aromatic carbocycles. The summed E-state index contributed by atoms with van der Waals surface area (Å²) in [6.45, 7) is 0.668. The van der Waals surface area contributed by atoms with Crippen LogP contribution in [0.1, 0.15) is 18.4 Å². The van der Waals surface area contributed by atoms with E-state index in [0.29, 0.717) is 17.1 Å². The Kier molecular flexibility index (Phi) is 4.70. The van der Waals surface area contributed by atoms with Gasteiger partial charge in [-0.05, 0) is 46.5 Å². The topological polar surface area (TPSA) is 29.1 Å². The summed E-state index contributed by atoms with van der Waals surface area (Å²) >= 11 is 3.13. The Balaban J connectivity index is 1.85. The average Bonchev–Trinajstić information content (AvgIpc) is 2.33. The molecule has 0 aliphatic carbocycles. The van der Waals surface area contributed by atoms with Crippen LogP contribution in [0.4, 0.5) is 4.39 Å². The molecule has 2 rings (SSSR count). The zero-order valence-electron chi connectivity index (χ0n) is 9.42.